The van der Waals surface area contributed by atoms with Crippen LogP contribution in [0.3, 0.4) is 0 Å². The summed E-state index contributed by atoms with van der Waals surface area (Å²) in [6.07, 6.45) is 2.10. The molecule has 2 aliphatic heterocycles. The molecule has 2 fully saturated rings. The van der Waals surface area contributed by atoms with Gasteiger partial charge in [0.1, 0.15) is 11.6 Å². The van der Waals surface area contributed by atoms with Crippen molar-refractivity contribution < 1.29 is 14.4 Å². The van der Waals surface area contributed by atoms with E-state index in [-0.39, 0.29) is 35.7 Å². The fourth-order valence-corrected chi connectivity index (χ4v) is 5.34. The summed E-state index contributed by atoms with van der Waals surface area (Å²) in [6, 6.07) is 18.4. The van der Waals surface area contributed by atoms with Crippen molar-refractivity contribution in [1.82, 2.24) is 15.5 Å². The molecular formula is C26H31N3O3. The van der Waals surface area contributed by atoms with E-state index in [4.69, 9.17) is 0 Å². The molecule has 4 rings (SSSR count). The SMILES string of the molecule is CC(C)NC(=O)[C@H](C)NC(=O)[C@]12CC[C@H](C[C@H]1c1ccccc1)N2C(=O)c1ccccc1. The van der Waals surface area contributed by atoms with Crippen molar-refractivity contribution in [3.05, 3.63) is 71.8 Å². The standard InChI is InChI=1S/C26H31N3O3/c1-17(2)27-23(30)18(3)28-25(32)26-15-14-21(16-22(26)19-10-6-4-7-11-19)29(26)24(31)20-12-8-5-9-13-20/h4-13,17-18,21-22H,14-16H2,1-3H3,(H,27,30)(H,28,32)/t18-,21+,22-,26-/m0/s1. The molecule has 0 radical (unpaired) electrons. The lowest BCUT2D eigenvalue weighted by Gasteiger charge is -2.39. The maximum absolute atomic E-state index is 13.9. The normalized spacial score (nSPS) is 24.9. The zero-order valence-electron chi connectivity index (χ0n) is 18.9. The first-order chi connectivity index (χ1) is 15.3. The summed E-state index contributed by atoms with van der Waals surface area (Å²) in [5.41, 5.74) is 0.622. The summed E-state index contributed by atoms with van der Waals surface area (Å²) in [5.74, 6) is -0.715. The smallest absolute Gasteiger partial charge is 0.255 e. The van der Waals surface area contributed by atoms with Crippen LogP contribution in [0.15, 0.2) is 60.7 Å². The van der Waals surface area contributed by atoms with Crippen LogP contribution in [0.5, 0.6) is 0 Å². The largest absolute Gasteiger partial charge is 0.352 e. The monoisotopic (exact) mass is 433 g/mol. The Morgan fingerprint density at radius 3 is 2.19 bits per heavy atom. The van der Waals surface area contributed by atoms with E-state index >= 15 is 0 Å². The topological polar surface area (TPSA) is 78.5 Å². The predicted molar refractivity (Wildman–Crippen MR) is 123 cm³/mol. The number of rotatable bonds is 6. The number of nitrogens with one attached hydrogen (secondary N) is 2. The van der Waals surface area contributed by atoms with Gasteiger partial charge in [0.2, 0.25) is 11.8 Å². The van der Waals surface area contributed by atoms with Gasteiger partial charge in [0.25, 0.3) is 5.91 Å². The molecule has 0 spiro atoms. The van der Waals surface area contributed by atoms with Gasteiger partial charge in [-0.3, -0.25) is 14.4 Å². The number of benzene rings is 2. The van der Waals surface area contributed by atoms with Crippen LogP contribution >= 0.6 is 0 Å². The Balaban J connectivity index is 1.70. The van der Waals surface area contributed by atoms with Crippen molar-refractivity contribution >= 4 is 17.7 Å². The predicted octanol–water partition coefficient (Wildman–Crippen LogP) is 3.25. The Kier molecular flexibility index (Phi) is 6.04. The molecule has 4 atom stereocenters. The number of hydrogen-bond donors (Lipinski definition) is 2. The number of nitrogens with zero attached hydrogens (tertiary/aromatic N) is 1. The summed E-state index contributed by atoms with van der Waals surface area (Å²) in [7, 11) is 0. The van der Waals surface area contributed by atoms with Gasteiger partial charge in [0.05, 0.1) is 0 Å². The molecule has 0 aromatic heterocycles. The van der Waals surface area contributed by atoms with Crippen molar-refractivity contribution in [2.24, 2.45) is 0 Å². The second kappa shape index (κ2) is 8.77. The highest BCUT2D eigenvalue weighted by atomic mass is 16.2. The fourth-order valence-electron chi connectivity index (χ4n) is 5.34. The molecular weight excluding hydrogens is 402 g/mol. The van der Waals surface area contributed by atoms with E-state index in [0.717, 1.165) is 18.4 Å². The molecule has 6 heteroatoms. The summed E-state index contributed by atoms with van der Waals surface area (Å²) in [4.78, 5) is 41.8. The van der Waals surface area contributed by atoms with Crippen LogP contribution in [-0.2, 0) is 9.59 Å². The minimum absolute atomic E-state index is 0.00143. The number of hydrogen-bond acceptors (Lipinski definition) is 3. The molecule has 0 saturated carbocycles. The van der Waals surface area contributed by atoms with E-state index in [1.165, 1.54) is 0 Å². The van der Waals surface area contributed by atoms with Crippen LogP contribution < -0.4 is 10.6 Å². The van der Waals surface area contributed by atoms with E-state index in [1.54, 1.807) is 19.1 Å². The highest BCUT2D eigenvalue weighted by Gasteiger charge is 2.64. The van der Waals surface area contributed by atoms with Crippen LogP contribution in [0.2, 0.25) is 0 Å². The third-order valence-electron chi connectivity index (χ3n) is 6.74. The highest BCUT2D eigenvalue weighted by Crippen LogP contribution is 2.55. The van der Waals surface area contributed by atoms with Crippen molar-refractivity contribution in [3.8, 4) is 0 Å². The maximum Gasteiger partial charge on any atom is 0.255 e. The lowest BCUT2D eigenvalue weighted by molar-refractivity contribution is -0.135. The molecule has 2 saturated heterocycles. The number of amides is 3. The van der Waals surface area contributed by atoms with Crippen LogP contribution in [-0.4, -0.2) is 46.3 Å². The van der Waals surface area contributed by atoms with Gasteiger partial charge >= 0.3 is 0 Å². The molecule has 2 bridgehead atoms. The molecule has 168 valence electrons. The van der Waals surface area contributed by atoms with Gasteiger partial charge in [0.15, 0.2) is 0 Å². The molecule has 2 aliphatic rings. The Bertz CT molecular complexity index is 992. The van der Waals surface area contributed by atoms with Crippen molar-refractivity contribution in [2.45, 2.75) is 69.6 Å². The third kappa shape index (κ3) is 3.78. The molecule has 2 aromatic carbocycles. The Labute approximate surface area is 189 Å². The minimum Gasteiger partial charge on any atom is -0.352 e. The van der Waals surface area contributed by atoms with Crippen molar-refractivity contribution in [2.75, 3.05) is 0 Å². The highest BCUT2D eigenvalue weighted by molar-refractivity contribution is 6.02. The fraction of sp³-hybridized carbons (Fsp3) is 0.423. The van der Waals surface area contributed by atoms with Gasteiger partial charge in [-0.25, -0.2) is 0 Å². The van der Waals surface area contributed by atoms with Crippen LogP contribution in [0.25, 0.3) is 0 Å². The first kappa shape index (κ1) is 22.1. The summed E-state index contributed by atoms with van der Waals surface area (Å²) >= 11 is 0. The summed E-state index contributed by atoms with van der Waals surface area (Å²) in [5, 5.41) is 5.78. The van der Waals surface area contributed by atoms with Crippen LogP contribution in [0, 0.1) is 0 Å². The third-order valence-corrected chi connectivity index (χ3v) is 6.74. The van der Waals surface area contributed by atoms with Gasteiger partial charge in [-0.2, -0.15) is 0 Å². The van der Waals surface area contributed by atoms with Gasteiger partial charge < -0.3 is 15.5 Å². The van der Waals surface area contributed by atoms with Crippen molar-refractivity contribution in [1.29, 1.82) is 0 Å². The lowest BCUT2D eigenvalue weighted by Crippen LogP contribution is -2.61. The van der Waals surface area contributed by atoms with Crippen molar-refractivity contribution in [3.63, 3.8) is 0 Å². The minimum atomic E-state index is -1.01. The van der Waals surface area contributed by atoms with E-state index in [9.17, 15) is 14.4 Å². The van der Waals surface area contributed by atoms with Gasteiger partial charge in [0, 0.05) is 23.6 Å². The summed E-state index contributed by atoms with van der Waals surface area (Å²) < 4.78 is 0. The molecule has 2 N–H and O–H groups in total. The second-order valence-electron chi connectivity index (χ2n) is 9.22. The molecule has 3 amide bonds. The van der Waals surface area contributed by atoms with E-state index in [2.05, 4.69) is 10.6 Å². The zero-order chi connectivity index (χ0) is 22.9. The Morgan fingerprint density at radius 2 is 1.56 bits per heavy atom. The van der Waals surface area contributed by atoms with E-state index in [0.29, 0.717) is 12.0 Å². The zero-order valence-corrected chi connectivity index (χ0v) is 18.9. The maximum atomic E-state index is 13.9. The van der Waals surface area contributed by atoms with Gasteiger partial charge in [-0.1, -0.05) is 48.5 Å². The van der Waals surface area contributed by atoms with Crippen LogP contribution in [0.1, 0.15) is 61.9 Å². The number of fused-ring (bicyclic) bond motifs is 2. The lowest BCUT2D eigenvalue weighted by atomic mass is 9.73. The molecule has 0 aliphatic carbocycles. The number of carbonyl (C=O) groups excluding carboxylic acids is 3. The molecule has 2 aromatic rings. The molecule has 2 heterocycles. The second-order valence-corrected chi connectivity index (χ2v) is 9.22. The van der Waals surface area contributed by atoms with E-state index < -0.39 is 11.6 Å². The Morgan fingerprint density at radius 1 is 0.938 bits per heavy atom. The first-order valence-electron chi connectivity index (χ1n) is 11.4. The summed E-state index contributed by atoms with van der Waals surface area (Å²) in [6.45, 7) is 5.46. The van der Waals surface area contributed by atoms with Crippen LogP contribution in [0.4, 0.5) is 0 Å². The molecule has 6 nitrogen and oxygen atoms in total. The van der Waals surface area contributed by atoms with Gasteiger partial charge in [-0.15, -0.1) is 0 Å². The first-order valence-corrected chi connectivity index (χ1v) is 11.4. The Hall–Kier alpha value is -3.15. The van der Waals surface area contributed by atoms with E-state index in [1.807, 2.05) is 67.3 Å². The van der Waals surface area contributed by atoms with Gasteiger partial charge in [-0.05, 0) is 57.7 Å². The number of carbonyl (C=O) groups is 3. The molecule has 32 heavy (non-hydrogen) atoms. The average Bonchev–Trinajstić information content (AvgIpc) is 3.34. The molecule has 0 unspecified atom stereocenters. The quantitative estimate of drug-likeness (QED) is 0.734. The average molecular weight is 434 g/mol.